The number of amides is 2. The van der Waals surface area contributed by atoms with Crippen molar-refractivity contribution in [3.63, 3.8) is 0 Å². The number of rotatable bonds is 7. The van der Waals surface area contributed by atoms with E-state index in [1.165, 1.54) is 22.0 Å². The van der Waals surface area contributed by atoms with E-state index in [0.717, 1.165) is 56.3 Å². The van der Waals surface area contributed by atoms with Gasteiger partial charge in [-0.05, 0) is 55.9 Å². The van der Waals surface area contributed by atoms with Crippen LogP contribution in [0.3, 0.4) is 0 Å². The second kappa shape index (κ2) is 10.8. The van der Waals surface area contributed by atoms with E-state index in [-0.39, 0.29) is 28.7 Å². The van der Waals surface area contributed by atoms with Crippen LogP contribution in [-0.4, -0.2) is 60.8 Å². The molecule has 10 heteroatoms. The molecule has 2 heterocycles. The first-order chi connectivity index (χ1) is 15.9. The Morgan fingerprint density at radius 2 is 1.79 bits per heavy atom. The summed E-state index contributed by atoms with van der Waals surface area (Å²) < 4.78 is 28.3. The number of sulfonamides is 1. The summed E-state index contributed by atoms with van der Waals surface area (Å²) in [5.41, 5.74) is 6.00. The lowest BCUT2D eigenvalue weighted by Crippen LogP contribution is -2.64. The van der Waals surface area contributed by atoms with Gasteiger partial charge in [-0.1, -0.05) is 31.7 Å². The van der Waals surface area contributed by atoms with Crippen molar-refractivity contribution in [2.75, 3.05) is 13.1 Å². The molecule has 1 saturated heterocycles. The van der Waals surface area contributed by atoms with E-state index in [1.807, 2.05) is 0 Å². The fourth-order valence-electron chi connectivity index (χ4n) is 5.42. The first kappa shape index (κ1) is 24.6. The largest absolute Gasteiger partial charge is 0.350 e. The molecule has 3 N–H and O–H groups in total. The van der Waals surface area contributed by atoms with Gasteiger partial charge in [-0.25, -0.2) is 8.42 Å². The van der Waals surface area contributed by atoms with Crippen molar-refractivity contribution in [1.29, 1.82) is 0 Å². The van der Waals surface area contributed by atoms with Gasteiger partial charge in [-0.3, -0.25) is 9.59 Å². The maximum Gasteiger partial charge on any atom is 0.259 e. The van der Waals surface area contributed by atoms with Gasteiger partial charge < -0.3 is 16.0 Å². The molecule has 2 aliphatic carbocycles. The van der Waals surface area contributed by atoms with Crippen molar-refractivity contribution in [3.05, 3.63) is 17.5 Å². The van der Waals surface area contributed by atoms with E-state index in [0.29, 0.717) is 25.3 Å². The molecule has 3 fully saturated rings. The van der Waals surface area contributed by atoms with E-state index in [9.17, 15) is 18.0 Å². The molecule has 184 valence electrons. The molecular formula is C23H36N4O4S2. The van der Waals surface area contributed by atoms with Gasteiger partial charge in [0.1, 0.15) is 4.21 Å². The number of hydrogen-bond donors (Lipinski definition) is 2. The summed E-state index contributed by atoms with van der Waals surface area (Å²) in [6.45, 7) is 0.619. The molecule has 1 unspecified atom stereocenters. The van der Waals surface area contributed by atoms with Crippen LogP contribution in [0.1, 0.15) is 70.6 Å². The minimum atomic E-state index is -3.88. The summed E-state index contributed by atoms with van der Waals surface area (Å²) in [4.78, 5) is 28.3. The summed E-state index contributed by atoms with van der Waals surface area (Å²) in [7, 11) is -3.88. The third kappa shape index (κ3) is 5.78. The Hall–Kier alpha value is -1.49. The molecule has 1 aromatic rings. The Kier molecular flexibility index (Phi) is 8.09. The quantitative estimate of drug-likeness (QED) is 0.603. The Morgan fingerprint density at radius 1 is 1.06 bits per heavy atom. The van der Waals surface area contributed by atoms with Gasteiger partial charge >= 0.3 is 0 Å². The maximum atomic E-state index is 13.5. The third-order valence-corrected chi connectivity index (χ3v) is 10.5. The number of nitrogens with two attached hydrogens (primary N) is 1. The summed E-state index contributed by atoms with van der Waals surface area (Å²) >= 11 is 1.13. The van der Waals surface area contributed by atoms with Gasteiger partial charge in [-0.15, -0.1) is 11.3 Å². The number of carbonyl (C=O) groups excluding carboxylic acids is 2. The van der Waals surface area contributed by atoms with Crippen LogP contribution < -0.4 is 11.1 Å². The van der Waals surface area contributed by atoms with Gasteiger partial charge in [0.15, 0.2) is 6.17 Å². The monoisotopic (exact) mass is 496 g/mol. The molecule has 0 bridgehead atoms. The molecule has 1 atom stereocenters. The average Bonchev–Trinajstić information content (AvgIpc) is 3.53. The van der Waals surface area contributed by atoms with Gasteiger partial charge in [0.2, 0.25) is 5.91 Å². The zero-order chi connectivity index (χ0) is 23.4. The van der Waals surface area contributed by atoms with Crippen molar-refractivity contribution >= 4 is 33.2 Å². The molecule has 0 radical (unpaired) electrons. The van der Waals surface area contributed by atoms with E-state index < -0.39 is 22.1 Å². The SMILES string of the molecule is NC1CCC(NC(=O)C2N(C(=O)CCC3CCCC3)CCCN2S(=O)(=O)c2cccs2)CC1. The topological polar surface area (TPSA) is 113 Å². The second-order valence-corrected chi connectivity index (χ2v) is 12.7. The van der Waals surface area contributed by atoms with Crippen LogP contribution in [0, 0.1) is 5.92 Å². The summed E-state index contributed by atoms with van der Waals surface area (Å²) in [5.74, 6) is 0.0340. The van der Waals surface area contributed by atoms with Crippen LogP contribution in [0.5, 0.6) is 0 Å². The Morgan fingerprint density at radius 3 is 2.45 bits per heavy atom. The minimum absolute atomic E-state index is 0.0408. The fraction of sp³-hybridized carbons (Fsp3) is 0.739. The highest BCUT2D eigenvalue weighted by Gasteiger charge is 2.44. The molecule has 2 saturated carbocycles. The molecule has 2 amide bonds. The highest BCUT2D eigenvalue weighted by atomic mass is 32.2. The number of carbonyl (C=O) groups is 2. The third-order valence-electron chi connectivity index (χ3n) is 7.32. The van der Waals surface area contributed by atoms with Crippen LogP contribution in [0.4, 0.5) is 0 Å². The van der Waals surface area contributed by atoms with E-state index in [2.05, 4.69) is 5.32 Å². The zero-order valence-corrected chi connectivity index (χ0v) is 20.8. The molecule has 4 rings (SSSR count). The smallest absolute Gasteiger partial charge is 0.259 e. The van der Waals surface area contributed by atoms with E-state index >= 15 is 0 Å². The molecule has 33 heavy (non-hydrogen) atoms. The zero-order valence-electron chi connectivity index (χ0n) is 19.2. The van der Waals surface area contributed by atoms with E-state index in [1.54, 1.807) is 17.5 Å². The molecule has 1 aromatic heterocycles. The minimum Gasteiger partial charge on any atom is -0.350 e. The van der Waals surface area contributed by atoms with Gasteiger partial charge in [-0.2, -0.15) is 4.31 Å². The summed E-state index contributed by atoms with van der Waals surface area (Å²) in [6.07, 6.45) is 8.48. The lowest BCUT2D eigenvalue weighted by Gasteiger charge is -2.42. The summed E-state index contributed by atoms with van der Waals surface area (Å²) in [6, 6.07) is 3.35. The molecule has 3 aliphatic rings. The number of hydrogen-bond acceptors (Lipinski definition) is 6. The first-order valence-corrected chi connectivity index (χ1v) is 14.6. The predicted molar refractivity (Wildman–Crippen MR) is 128 cm³/mol. The second-order valence-electron chi connectivity index (χ2n) is 9.67. The van der Waals surface area contributed by atoms with E-state index in [4.69, 9.17) is 5.73 Å². The van der Waals surface area contributed by atoms with Crippen molar-refractivity contribution < 1.29 is 18.0 Å². The summed E-state index contributed by atoms with van der Waals surface area (Å²) in [5, 5.41) is 4.76. The van der Waals surface area contributed by atoms with Crippen LogP contribution in [0.25, 0.3) is 0 Å². The fourth-order valence-corrected chi connectivity index (χ4v) is 8.13. The highest BCUT2D eigenvalue weighted by molar-refractivity contribution is 7.91. The molecule has 1 aliphatic heterocycles. The van der Waals surface area contributed by atoms with Crippen LogP contribution in [0.2, 0.25) is 0 Å². The molecule has 0 aromatic carbocycles. The normalized spacial score (nSPS) is 27.5. The number of nitrogens with one attached hydrogen (secondary N) is 1. The number of nitrogens with zero attached hydrogens (tertiary/aromatic N) is 2. The van der Waals surface area contributed by atoms with Crippen LogP contribution in [-0.2, 0) is 19.6 Å². The average molecular weight is 497 g/mol. The van der Waals surface area contributed by atoms with Crippen molar-refractivity contribution in [3.8, 4) is 0 Å². The first-order valence-electron chi connectivity index (χ1n) is 12.3. The van der Waals surface area contributed by atoms with Gasteiger partial charge in [0, 0.05) is 31.6 Å². The Balaban J connectivity index is 1.54. The van der Waals surface area contributed by atoms with Crippen molar-refractivity contribution in [2.24, 2.45) is 11.7 Å². The Labute approximate surface area is 200 Å². The van der Waals surface area contributed by atoms with Crippen molar-refractivity contribution in [2.45, 2.75) is 93.1 Å². The van der Waals surface area contributed by atoms with Crippen LogP contribution in [0.15, 0.2) is 21.7 Å². The standard InChI is InChI=1S/C23H36N4O4S2/c24-18-9-11-19(12-10-18)25-22(29)23-26(20(28)13-8-17-5-1-2-6-17)14-4-15-27(23)33(30,31)21-7-3-16-32-21/h3,7,16-19,23H,1-2,4-6,8-15,24H2,(H,25,29). The molecule has 8 nitrogen and oxygen atoms in total. The lowest BCUT2D eigenvalue weighted by molar-refractivity contribution is -0.148. The lowest BCUT2D eigenvalue weighted by atomic mass is 9.92. The van der Waals surface area contributed by atoms with Crippen LogP contribution >= 0.6 is 11.3 Å². The van der Waals surface area contributed by atoms with Gasteiger partial charge in [0.25, 0.3) is 15.9 Å². The molecule has 0 spiro atoms. The highest BCUT2D eigenvalue weighted by Crippen LogP contribution is 2.31. The van der Waals surface area contributed by atoms with Gasteiger partial charge in [0.05, 0.1) is 0 Å². The molecular weight excluding hydrogens is 460 g/mol. The predicted octanol–water partition coefficient (Wildman–Crippen LogP) is 2.65. The van der Waals surface area contributed by atoms with Crippen molar-refractivity contribution in [1.82, 2.24) is 14.5 Å². The number of thiophene rings is 1. The maximum absolute atomic E-state index is 13.5. The Bertz CT molecular complexity index is 907.